The van der Waals surface area contributed by atoms with Gasteiger partial charge in [-0.2, -0.15) is 0 Å². The summed E-state index contributed by atoms with van der Waals surface area (Å²) in [6, 6.07) is 0. The summed E-state index contributed by atoms with van der Waals surface area (Å²) in [7, 11) is 1.75. The van der Waals surface area contributed by atoms with Crippen LogP contribution in [0.1, 0.15) is 27.2 Å². The van der Waals surface area contributed by atoms with Gasteiger partial charge in [-0.3, -0.25) is 0 Å². The minimum atomic E-state index is 0.114. The molecule has 0 radical (unpaired) electrons. The predicted molar refractivity (Wildman–Crippen MR) is 55.6 cm³/mol. The number of hydrogen-bond acceptors (Lipinski definition) is 2. The van der Waals surface area contributed by atoms with Gasteiger partial charge >= 0.3 is 0 Å². The Kier molecular flexibility index (Phi) is 6.92. The zero-order valence-corrected chi connectivity index (χ0v) is 9.16. The SMILES string of the molecule is COC(CC(C)C)C(C)/C=C/CO. The van der Waals surface area contributed by atoms with E-state index in [0.717, 1.165) is 6.42 Å². The molecule has 0 heterocycles. The minimum Gasteiger partial charge on any atom is -0.392 e. The molecule has 0 aliphatic rings. The van der Waals surface area contributed by atoms with Gasteiger partial charge in [0.25, 0.3) is 0 Å². The molecule has 0 aliphatic carbocycles. The third-order valence-electron chi connectivity index (χ3n) is 2.14. The fourth-order valence-corrected chi connectivity index (χ4v) is 1.39. The lowest BCUT2D eigenvalue weighted by Crippen LogP contribution is -2.21. The van der Waals surface area contributed by atoms with Crippen LogP contribution in [0.2, 0.25) is 0 Å². The summed E-state index contributed by atoms with van der Waals surface area (Å²) >= 11 is 0. The number of aliphatic hydroxyl groups excluding tert-OH is 1. The lowest BCUT2D eigenvalue weighted by molar-refractivity contribution is 0.0570. The summed E-state index contributed by atoms with van der Waals surface area (Å²) in [4.78, 5) is 0. The third kappa shape index (κ3) is 5.83. The second kappa shape index (κ2) is 7.10. The molecule has 0 spiro atoms. The molecule has 0 fully saturated rings. The van der Waals surface area contributed by atoms with Crippen molar-refractivity contribution in [3.63, 3.8) is 0 Å². The first-order chi connectivity index (χ1) is 6.11. The molecular formula is C11H22O2. The van der Waals surface area contributed by atoms with E-state index in [0.29, 0.717) is 11.8 Å². The highest BCUT2D eigenvalue weighted by Crippen LogP contribution is 2.16. The predicted octanol–water partition coefficient (Wildman–Crippen LogP) is 2.23. The van der Waals surface area contributed by atoms with E-state index in [-0.39, 0.29) is 12.7 Å². The zero-order valence-electron chi connectivity index (χ0n) is 9.16. The summed E-state index contributed by atoms with van der Waals surface area (Å²) in [6.45, 7) is 6.61. The summed E-state index contributed by atoms with van der Waals surface area (Å²) in [5, 5.41) is 8.62. The first-order valence-corrected chi connectivity index (χ1v) is 4.92. The van der Waals surface area contributed by atoms with Crippen LogP contribution < -0.4 is 0 Å². The first-order valence-electron chi connectivity index (χ1n) is 4.92. The Morgan fingerprint density at radius 3 is 2.31 bits per heavy atom. The monoisotopic (exact) mass is 186 g/mol. The molecule has 0 rings (SSSR count). The van der Waals surface area contributed by atoms with Crippen LogP contribution in [0.15, 0.2) is 12.2 Å². The molecule has 0 aromatic heterocycles. The molecule has 2 nitrogen and oxygen atoms in total. The molecule has 2 atom stereocenters. The largest absolute Gasteiger partial charge is 0.392 e. The van der Waals surface area contributed by atoms with Gasteiger partial charge in [-0.25, -0.2) is 0 Å². The van der Waals surface area contributed by atoms with E-state index in [1.807, 2.05) is 6.08 Å². The van der Waals surface area contributed by atoms with Crippen molar-refractivity contribution in [2.75, 3.05) is 13.7 Å². The number of rotatable bonds is 6. The van der Waals surface area contributed by atoms with Crippen LogP contribution in [-0.2, 0) is 4.74 Å². The maximum absolute atomic E-state index is 8.62. The van der Waals surface area contributed by atoms with E-state index in [4.69, 9.17) is 9.84 Å². The van der Waals surface area contributed by atoms with E-state index in [1.165, 1.54) is 0 Å². The normalized spacial score (nSPS) is 16.8. The zero-order chi connectivity index (χ0) is 10.3. The van der Waals surface area contributed by atoms with Gasteiger partial charge in [-0.15, -0.1) is 0 Å². The molecule has 0 aromatic rings. The van der Waals surface area contributed by atoms with Gasteiger partial charge in [0, 0.05) is 13.0 Å². The Bertz CT molecular complexity index is 141. The third-order valence-corrected chi connectivity index (χ3v) is 2.14. The van der Waals surface area contributed by atoms with Gasteiger partial charge in [0.2, 0.25) is 0 Å². The van der Waals surface area contributed by atoms with Crippen molar-refractivity contribution in [2.45, 2.75) is 33.3 Å². The van der Waals surface area contributed by atoms with Crippen molar-refractivity contribution in [3.8, 4) is 0 Å². The fourth-order valence-electron chi connectivity index (χ4n) is 1.39. The van der Waals surface area contributed by atoms with Crippen LogP contribution in [0.3, 0.4) is 0 Å². The molecule has 1 N–H and O–H groups in total. The lowest BCUT2D eigenvalue weighted by atomic mass is 9.95. The van der Waals surface area contributed by atoms with E-state index < -0.39 is 0 Å². The van der Waals surface area contributed by atoms with Gasteiger partial charge in [-0.1, -0.05) is 32.9 Å². The molecule has 0 aromatic carbocycles. The summed E-state index contributed by atoms with van der Waals surface area (Å²) in [6.07, 6.45) is 5.11. The van der Waals surface area contributed by atoms with Crippen LogP contribution >= 0.6 is 0 Å². The molecule has 0 aliphatic heterocycles. The van der Waals surface area contributed by atoms with Crippen LogP contribution in [0.5, 0.6) is 0 Å². The molecule has 0 saturated carbocycles. The van der Waals surface area contributed by atoms with Crippen LogP contribution in [-0.4, -0.2) is 24.9 Å². The van der Waals surface area contributed by atoms with Crippen LogP contribution in [0.25, 0.3) is 0 Å². The minimum absolute atomic E-state index is 0.114. The second-order valence-electron chi connectivity index (χ2n) is 3.87. The van der Waals surface area contributed by atoms with Gasteiger partial charge in [-0.05, 0) is 12.3 Å². The van der Waals surface area contributed by atoms with Crippen molar-refractivity contribution in [1.82, 2.24) is 0 Å². The molecule has 2 heteroatoms. The molecule has 2 unspecified atom stereocenters. The van der Waals surface area contributed by atoms with E-state index >= 15 is 0 Å². The molecule has 0 bridgehead atoms. The Morgan fingerprint density at radius 2 is 1.92 bits per heavy atom. The quantitative estimate of drug-likeness (QED) is 0.645. The Hall–Kier alpha value is -0.340. The average molecular weight is 186 g/mol. The highest BCUT2D eigenvalue weighted by atomic mass is 16.5. The number of methoxy groups -OCH3 is 1. The Labute approximate surface area is 81.6 Å². The van der Waals surface area contributed by atoms with Crippen molar-refractivity contribution < 1.29 is 9.84 Å². The highest BCUT2D eigenvalue weighted by Gasteiger charge is 2.15. The van der Waals surface area contributed by atoms with Crippen LogP contribution in [0.4, 0.5) is 0 Å². The smallest absolute Gasteiger partial charge is 0.0633 e. The van der Waals surface area contributed by atoms with Gasteiger partial charge in [0.15, 0.2) is 0 Å². The molecule has 13 heavy (non-hydrogen) atoms. The highest BCUT2D eigenvalue weighted by molar-refractivity contribution is 4.90. The number of hydrogen-bond donors (Lipinski definition) is 1. The second-order valence-corrected chi connectivity index (χ2v) is 3.87. The maximum atomic E-state index is 8.62. The standard InChI is InChI=1S/C11H22O2/c1-9(2)8-11(13-4)10(3)6-5-7-12/h5-6,9-12H,7-8H2,1-4H3/b6-5+. The average Bonchev–Trinajstić information content (AvgIpc) is 2.09. The molecular weight excluding hydrogens is 164 g/mol. The van der Waals surface area contributed by atoms with E-state index in [1.54, 1.807) is 13.2 Å². The van der Waals surface area contributed by atoms with Crippen LogP contribution in [0, 0.1) is 11.8 Å². The maximum Gasteiger partial charge on any atom is 0.0633 e. The van der Waals surface area contributed by atoms with E-state index in [9.17, 15) is 0 Å². The Morgan fingerprint density at radius 1 is 1.31 bits per heavy atom. The number of ether oxygens (including phenoxy) is 1. The van der Waals surface area contributed by atoms with Gasteiger partial charge in [0.05, 0.1) is 12.7 Å². The molecule has 0 amide bonds. The first kappa shape index (κ1) is 12.7. The summed E-state index contributed by atoms with van der Waals surface area (Å²) in [5.41, 5.74) is 0. The van der Waals surface area contributed by atoms with Crippen molar-refractivity contribution >= 4 is 0 Å². The van der Waals surface area contributed by atoms with Crippen molar-refractivity contribution in [1.29, 1.82) is 0 Å². The Balaban J connectivity index is 3.98. The number of aliphatic hydroxyl groups is 1. The lowest BCUT2D eigenvalue weighted by Gasteiger charge is -2.21. The molecule has 0 saturated heterocycles. The summed E-state index contributed by atoms with van der Waals surface area (Å²) < 4.78 is 5.39. The van der Waals surface area contributed by atoms with Crippen molar-refractivity contribution in [3.05, 3.63) is 12.2 Å². The van der Waals surface area contributed by atoms with Gasteiger partial charge < -0.3 is 9.84 Å². The topological polar surface area (TPSA) is 29.5 Å². The van der Waals surface area contributed by atoms with Gasteiger partial charge in [0.1, 0.15) is 0 Å². The van der Waals surface area contributed by atoms with E-state index in [2.05, 4.69) is 20.8 Å². The fraction of sp³-hybridized carbons (Fsp3) is 0.818. The summed E-state index contributed by atoms with van der Waals surface area (Å²) in [5.74, 6) is 1.02. The molecule has 78 valence electrons. The van der Waals surface area contributed by atoms with Crippen molar-refractivity contribution in [2.24, 2.45) is 11.8 Å².